The fraction of sp³-hybridized carbons (Fsp3) is 0.375. The second kappa shape index (κ2) is 4.28. The normalized spacial score (nSPS) is 12.5. The van der Waals surface area contributed by atoms with E-state index in [1.54, 1.807) is 11.6 Å². The predicted octanol–water partition coefficient (Wildman–Crippen LogP) is 1.69. The number of nitrogens with zero attached hydrogens (tertiary/aromatic N) is 1. The number of rotatable bonds is 3. The van der Waals surface area contributed by atoms with Crippen LogP contribution < -0.4 is 4.72 Å². The van der Waals surface area contributed by atoms with E-state index in [-0.39, 0.29) is 5.69 Å². The number of halogens is 3. The number of hydrogen-bond acceptors (Lipinski definition) is 3. The molecule has 1 heterocycles. The Hall–Kier alpha value is -1.31. The smallest absolute Gasteiger partial charge is 0.282 e. The summed E-state index contributed by atoms with van der Waals surface area (Å²) in [5.74, 6) is -1.91. The SMILES string of the molecule is Cc1cncc(NS(=O)(=O)CC(F)(F)F)c1. The highest BCUT2D eigenvalue weighted by Crippen LogP contribution is 2.19. The Morgan fingerprint density at radius 1 is 1.38 bits per heavy atom. The van der Waals surface area contributed by atoms with Crippen LogP contribution in [0.2, 0.25) is 0 Å². The van der Waals surface area contributed by atoms with Crippen molar-refractivity contribution in [3.8, 4) is 0 Å². The molecule has 0 radical (unpaired) electrons. The second-order valence-corrected chi connectivity index (χ2v) is 4.95. The third-order valence-corrected chi connectivity index (χ3v) is 2.76. The standard InChI is InChI=1S/C8H9F3N2O2S/c1-6-2-7(4-12-3-6)13-16(14,15)5-8(9,10)11/h2-4,13H,5H2,1H3. The molecule has 8 heteroatoms. The first-order valence-corrected chi connectivity index (χ1v) is 5.82. The fourth-order valence-corrected chi connectivity index (χ4v) is 2.02. The van der Waals surface area contributed by atoms with Crippen LogP contribution in [0.4, 0.5) is 18.9 Å². The summed E-state index contributed by atoms with van der Waals surface area (Å²) < 4.78 is 59.6. The number of aryl methyl sites for hydroxylation is 1. The maximum atomic E-state index is 11.9. The average Bonchev–Trinajstić information content (AvgIpc) is 1.96. The summed E-state index contributed by atoms with van der Waals surface area (Å²) in [6, 6.07) is 1.39. The zero-order chi connectivity index (χ0) is 12.4. The molecule has 0 aromatic carbocycles. The molecule has 0 amide bonds. The minimum absolute atomic E-state index is 0.0178. The van der Waals surface area contributed by atoms with Crippen molar-refractivity contribution in [1.82, 2.24) is 4.98 Å². The van der Waals surface area contributed by atoms with Gasteiger partial charge in [0.15, 0.2) is 5.75 Å². The minimum Gasteiger partial charge on any atom is -0.282 e. The maximum absolute atomic E-state index is 11.9. The highest BCUT2D eigenvalue weighted by molar-refractivity contribution is 7.92. The van der Waals surface area contributed by atoms with Crippen molar-refractivity contribution in [2.24, 2.45) is 0 Å². The highest BCUT2D eigenvalue weighted by Gasteiger charge is 2.35. The summed E-state index contributed by atoms with van der Waals surface area (Å²) >= 11 is 0. The Balaban J connectivity index is 2.81. The van der Waals surface area contributed by atoms with Gasteiger partial charge in [-0.2, -0.15) is 13.2 Å². The van der Waals surface area contributed by atoms with Crippen molar-refractivity contribution >= 4 is 15.7 Å². The van der Waals surface area contributed by atoms with Crippen molar-refractivity contribution in [2.45, 2.75) is 13.1 Å². The molecular weight excluding hydrogens is 245 g/mol. The fourth-order valence-electron chi connectivity index (χ4n) is 1.04. The Kier molecular flexibility index (Phi) is 3.41. The Labute approximate surface area is 90.6 Å². The first-order chi connectivity index (χ1) is 7.18. The number of sulfonamides is 1. The molecule has 0 saturated carbocycles. The van der Waals surface area contributed by atoms with Gasteiger partial charge in [-0.3, -0.25) is 9.71 Å². The van der Waals surface area contributed by atoms with E-state index in [1.807, 2.05) is 0 Å². The quantitative estimate of drug-likeness (QED) is 0.893. The number of anilines is 1. The predicted molar refractivity (Wildman–Crippen MR) is 52.4 cm³/mol. The lowest BCUT2D eigenvalue weighted by Gasteiger charge is -2.09. The summed E-state index contributed by atoms with van der Waals surface area (Å²) in [4.78, 5) is 3.66. The summed E-state index contributed by atoms with van der Waals surface area (Å²) in [7, 11) is -4.42. The number of alkyl halides is 3. The largest absolute Gasteiger partial charge is 0.404 e. The van der Waals surface area contributed by atoms with E-state index >= 15 is 0 Å². The van der Waals surface area contributed by atoms with Gasteiger partial charge in [-0.25, -0.2) is 8.42 Å². The van der Waals surface area contributed by atoms with Crippen LogP contribution in [0.25, 0.3) is 0 Å². The lowest BCUT2D eigenvalue weighted by molar-refractivity contribution is -0.106. The van der Waals surface area contributed by atoms with Gasteiger partial charge in [0.2, 0.25) is 10.0 Å². The van der Waals surface area contributed by atoms with Crippen LogP contribution in [0.1, 0.15) is 5.56 Å². The van der Waals surface area contributed by atoms with Crippen molar-refractivity contribution in [1.29, 1.82) is 0 Å². The Morgan fingerprint density at radius 2 is 2.00 bits per heavy atom. The van der Waals surface area contributed by atoms with Gasteiger partial charge in [-0.1, -0.05) is 0 Å². The lowest BCUT2D eigenvalue weighted by Crippen LogP contribution is -2.27. The van der Waals surface area contributed by atoms with Crippen molar-refractivity contribution in [3.63, 3.8) is 0 Å². The Bertz CT molecular complexity index is 470. The minimum atomic E-state index is -4.76. The molecule has 4 nitrogen and oxygen atoms in total. The van der Waals surface area contributed by atoms with Crippen LogP contribution >= 0.6 is 0 Å². The van der Waals surface area contributed by atoms with Crippen molar-refractivity contribution < 1.29 is 21.6 Å². The molecule has 0 aliphatic heterocycles. The van der Waals surface area contributed by atoms with Gasteiger partial charge in [0.1, 0.15) is 0 Å². The van der Waals surface area contributed by atoms with Gasteiger partial charge in [0.25, 0.3) is 0 Å². The van der Waals surface area contributed by atoms with E-state index in [1.165, 1.54) is 12.3 Å². The molecule has 1 aromatic heterocycles. The summed E-state index contributed by atoms with van der Waals surface area (Å²) in [6.45, 7) is 1.65. The molecule has 1 rings (SSSR count). The van der Waals surface area contributed by atoms with Crippen LogP contribution in [0.3, 0.4) is 0 Å². The number of nitrogens with one attached hydrogen (secondary N) is 1. The van der Waals surface area contributed by atoms with Crippen LogP contribution in [-0.4, -0.2) is 25.3 Å². The maximum Gasteiger partial charge on any atom is 0.404 e. The molecule has 0 fully saturated rings. The van der Waals surface area contributed by atoms with E-state index in [2.05, 4.69) is 4.98 Å². The first kappa shape index (κ1) is 12.8. The van der Waals surface area contributed by atoms with E-state index in [0.717, 1.165) is 6.20 Å². The van der Waals surface area contributed by atoms with Gasteiger partial charge in [-0.15, -0.1) is 0 Å². The van der Waals surface area contributed by atoms with Gasteiger partial charge < -0.3 is 0 Å². The van der Waals surface area contributed by atoms with Crippen molar-refractivity contribution in [2.75, 3.05) is 10.5 Å². The third-order valence-electron chi connectivity index (χ3n) is 1.50. The van der Waals surface area contributed by atoms with Crippen LogP contribution in [-0.2, 0) is 10.0 Å². The van der Waals surface area contributed by atoms with Gasteiger partial charge >= 0.3 is 6.18 Å². The third kappa shape index (κ3) is 4.47. The molecule has 0 unspecified atom stereocenters. The first-order valence-electron chi connectivity index (χ1n) is 4.17. The van der Waals surface area contributed by atoms with E-state index in [9.17, 15) is 21.6 Å². The molecule has 90 valence electrons. The summed E-state index contributed by atoms with van der Waals surface area (Å²) in [5, 5.41) is 0. The molecule has 0 aliphatic carbocycles. The molecule has 1 aromatic rings. The summed E-state index contributed by atoms with van der Waals surface area (Å²) in [6.07, 6.45) is -2.16. The monoisotopic (exact) mass is 254 g/mol. The van der Waals surface area contributed by atoms with E-state index < -0.39 is 22.0 Å². The zero-order valence-corrected chi connectivity index (χ0v) is 9.06. The van der Waals surface area contributed by atoms with Crippen LogP contribution in [0, 0.1) is 6.92 Å². The second-order valence-electron chi connectivity index (χ2n) is 3.23. The molecule has 1 N–H and O–H groups in total. The Morgan fingerprint density at radius 3 is 2.50 bits per heavy atom. The zero-order valence-electron chi connectivity index (χ0n) is 8.25. The molecule has 0 bridgehead atoms. The van der Waals surface area contributed by atoms with Gasteiger partial charge in [0, 0.05) is 6.20 Å². The number of hydrogen-bond donors (Lipinski definition) is 1. The van der Waals surface area contributed by atoms with Gasteiger partial charge in [0.05, 0.1) is 11.9 Å². The highest BCUT2D eigenvalue weighted by atomic mass is 32.2. The average molecular weight is 254 g/mol. The van der Waals surface area contributed by atoms with Crippen molar-refractivity contribution in [3.05, 3.63) is 24.0 Å². The van der Waals surface area contributed by atoms with Crippen LogP contribution in [0.15, 0.2) is 18.5 Å². The number of pyridine rings is 1. The topological polar surface area (TPSA) is 59.1 Å². The molecular formula is C8H9F3N2O2S. The molecule has 16 heavy (non-hydrogen) atoms. The lowest BCUT2D eigenvalue weighted by atomic mass is 10.3. The van der Waals surface area contributed by atoms with Gasteiger partial charge in [-0.05, 0) is 18.6 Å². The van der Waals surface area contributed by atoms with E-state index in [0.29, 0.717) is 5.56 Å². The molecule has 0 aliphatic rings. The van der Waals surface area contributed by atoms with E-state index in [4.69, 9.17) is 0 Å². The molecule has 0 spiro atoms. The summed E-state index contributed by atoms with van der Waals surface area (Å²) in [5.41, 5.74) is 0.663. The van der Waals surface area contributed by atoms with Crippen LogP contribution in [0.5, 0.6) is 0 Å². The molecule has 0 saturated heterocycles. The molecule has 0 atom stereocenters. The number of aromatic nitrogens is 1.